The van der Waals surface area contributed by atoms with Gasteiger partial charge >= 0.3 is 12.8 Å². The van der Waals surface area contributed by atoms with Crippen molar-refractivity contribution in [1.29, 1.82) is 0 Å². The monoisotopic (exact) mass is 389 g/mol. The fourth-order valence-corrected chi connectivity index (χ4v) is 2.67. The molecule has 27 heavy (non-hydrogen) atoms. The van der Waals surface area contributed by atoms with Crippen molar-refractivity contribution in [1.82, 2.24) is 9.78 Å². The van der Waals surface area contributed by atoms with Crippen LogP contribution in [0.4, 0.5) is 27.6 Å². The number of hydrogen-bond acceptors (Lipinski definition) is 3. The SMILES string of the molecule is Cc1ccc(OC(F)F)c(NC(=O)Cn2nc(C(F)(F)F)cc2C2CC2)c1. The fourth-order valence-electron chi connectivity index (χ4n) is 2.67. The minimum absolute atomic E-state index is 0.0106. The molecular formula is C17H16F5N3O2. The number of aromatic nitrogens is 2. The Morgan fingerprint density at radius 3 is 2.63 bits per heavy atom. The molecule has 0 bridgehead atoms. The number of benzene rings is 1. The van der Waals surface area contributed by atoms with Crippen molar-refractivity contribution in [2.45, 2.75) is 45.0 Å². The van der Waals surface area contributed by atoms with Gasteiger partial charge in [0.15, 0.2) is 5.69 Å². The molecule has 0 saturated heterocycles. The summed E-state index contributed by atoms with van der Waals surface area (Å²) in [4.78, 5) is 12.3. The molecule has 0 unspecified atom stereocenters. The van der Waals surface area contributed by atoms with Crippen LogP contribution < -0.4 is 10.1 Å². The summed E-state index contributed by atoms with van der Waals surface area (Å²) in [6.07, 6.45) is -3.15. The molecule has 1 aromatic carbocycles. The molecule has 1 aliphatic carbocycles. The van der Waals surface area contributed by atoms with Crippen LogP contribution in [0, 0.1) is 6.92 Å². The second kappa shape index (κ2) is 7.16. The molecule has 2 aromatic rings. The Morgan fingerprint density at radius 1 is 1.33 bits per heavy atom. The van der Waals surface area contributed by atoms with Gasteiger partial charge in [-0.15, -0.1) is 0 Å². The smallest absolute Gasteiger partial charge is 0.433 e. The maximum Gasteiger partial charge on any atom is 0.435 e. The molecule has 0 spiro atoms. The van der Waals surface area contributed by atoms with Crippen molar-refractivity contribution in [2.24, 2.45) is 0 Å². The van der Waals surface area contributed by atoms with Gasteiger partial charge in [-0.3, -0.25) is 9.48 Å². The van der Waals surface area contributed by atoms with Crippen molar-refractivity contribution in [2.75, 3.05) is 5.32 Å². The van der Waals surface area contributed by atoms with Gasteiger partial charge in [0.1, 0.15) is 12.3 Å². The highest BCUT2D eigenvalue weighted by Crippen LogP contribution is 2.42. The first-order valence-corrected chi connectivity index (χ1v) is 8.13. The number of anilines is 1. The lowest BCUT2D eigenvalue weighted by Crippen LogP contribution is -2.22. The first kappa shape index (κ1) is 19.1. The van der Waals surface area contributed by atoms with E-state index in [0.717, 1.165) is 23.6 Å². The first-order chi connectivity index (χ1) is 12.6. The van der Waals surface area contributed by atoms with Crippen LogP contribution in [0.2, 0.25) is 0 Å². The molecule has 1 saturated carbocycles. The molecule has 0 radical (unpaired) electrons. The Kier molecular flexibility index (Phi) is 5.07. The Bertz CT molecular complexity index is 844. The van der Waals surface area contributed by atoms with Crippen molar-refractivity contribution in [3.63, 3.8) is 0 Å². The van der Waals surface area contributed by atoms with Crippen molar-refractivity contribution in [3.05, 3.63) is 41.2 Å². The van der Waals surface area contributed by atoms with Crippen LogP contribution in [0.25, 0.3) is 0 Å². The molecule has 146 valence electrons. The van der Waals surface area contributed by atoms with Gasteiger partial charge < -0.3 is 10.1 Å². The van der Waals surface area contributed by atoms with Crippen molar-refractivity contribution >= 4 is 11.6 Å². The minimum atomic E-state index is -4.61. The van der Waals surface area contributed by atoms with Gasteiger partial charge in [-0.05, 0) is 43.5 Å². The van der Waals surface area contributed by atoms with E-state index in [2.05, 4.69) is 15.2 Å². The van der Waals surface area contributed by atoms with Gasteiger partial charge in [0.25, 0.3) is 0 Å². The summed E-state index contributed by atoms with van der Waals surface area (Å²) in [6.45, 7) is -1.86. The van der Waals surface area contributed by atoms with Gasteiger partial charge in [0.2, 0.25) is 5.91 Å². The number of carbonyl (C=O) groups excluding carboxylic acids is 1. The summed E-state index contributed by atoms with van der Waals surface area (Å²) in [5.41, 5.74) is -0.0271. The largest absolute Gasteiger partial charge is 0.435 e. The Hall–Kier alpha value is -2.65. The zero-order valence-electron chi connectivity index (χ0n) is 14.2. The molecule has 1 fully saturated rings. The van der Waals surface area contributed by atoms with Crippen LogP contribution in [0.5, 0.6) is 5.75 Å². The summed E-state index contributed by atoms with van der Waals surface area (Å²) in [5.74, 6) is -0.987. The average Bonchev–Trinajstić information content (AvgIpc) is 3.29. The molecule has 0 atom stereocenters. The lowest BCUT2D eigenvalue weighted by Gasteiger charge is -2.13. The van der Waals surface area contributed by atoms with Crippen LogP contribution in [0.3, 0.4) is 0 Å². The summed E-state index contributed by atoms with van der Waals surface area (Å²) >= 11 is 0. The van der Waals surface area contributed by atoms with E-state index in [9.17, 15) is 26.7 Å². The van der Waals surface area contributed by atoms with E-state index in [1.54, 1.807) is 6.92 Å². The Morgan fingerprint density at radius 2 is 2.04 bits per heavy atom. The summed E-state index contributed by atoms with van der Waals surface area (Å²) in [7, 11) is 0. The highest BCUT2D eigenvalue weighted by atomic mass is 19.4. The molecule has 1 N–H and O–H groups in total. The predicted octanol–water partition coefficient (Wildman–Crippen LogP) is 4.33. The topological polar surface area (TPSA) is 56.1 Å². The van der Waals surface area contributed by atoms with E-state index >= 15 is 0 Å². The highest BCUT2D eigenvalue weighted by Gasteiger charge is 2.38. The number of nitrogens with one attached hydrogen (secondary N) is 1. The molecule has 10 heteroatoms. The van der Waals surface area contributed by atoms with Gasteiger partial charge in [-0.25, -0.2) is 0 Å². The van der Waals surface area contributed by atoms with Gasteiger partial charge in [-0.2, -0.15) is 27.1 Å². The summed E-state index contributed by atoms with van der Waals surface area (Å²) in [6, 6.07) is 5.19. The lowest BCUT2D eigenvalue weighted by atomic mass is 10.2. The predicted molar refractivity (Wildman–Crippen MR) is 85.6 cm³/mol. The Balaban J connectivity index is 1.79. The summed E-state index contributed by atoms with van der Waals surface area (Å²) < 4.78 is 69.1. The van der Waals surface area contributed by atoms with E-state index in [4.69, 9.17) is 0 Å². The van der Waals surface area contributed by atoms with Crippen LogP contribution in [0.1, 0.15) is 35.7 Å². The Labute approximate surface area is 151 Å². The molecule has 1 amide bonds. The number of aryl methyl sites for hydroxylation is 1. The summed E-state index contributed by atoms with van der Waals surface area (Å²) in [5, 5.41) is 5.89. The molecule has 3 rings (SSSR count). The van der Waals surface area contributed by atoms with Gasteiger partial charge in [-0.1, -0.05) is 6.07 Å². The molecular weight excluding hydrogens is 373 g/mol. The second-order valence-corrected chi connectivity index (χ2v) is 6.31. The molecule has 1 aliphatic rings. The molecule has 5 nitrogen and oxygen atoms in total. The third-order valence-corrected chi connectivity index (χ3v) is 4.02. The first-order valence-electron chi connectivity index (χ1n) is 8.13. The maximum atomic E-state index is 12.9. The number of nitrogens with zero attached hydrogens (tertiary/aromatic N) is 2. The van der Waals surface area contributed by atoms with Gasteiger partial charge in [0, 0.05) is 11.6 Å². The molecule has 1 aromatic heterocycles. The number of carbonyl (C=O) groups is 1. The van der Waals surface area contributed by atoms with Crippen LogP contribution in [-0.2, 0) is 17.5 Å². The van der Waals surface area contributed by atoms with E-state index < -0.39 is 30.9 Å². The van der Waals surface area contributed by atoms with E-state index in [-0.39, 0.29) is 17.4 Å². The lowest BCUT2D eigenvalue weighted by molar-refractivity contribution is -0.141. The third kappa shape index (κ3) is 4.75. The second-order valence-electron chi connectivity index (χ2n) is 6.31. The van der Waals surface area contributed by atoms with Crippen LogP contribution >= 0.6 is 0 Å². The number of ether oxygens (including phenoxy) is 1. The van der Waals surface area contributed by atoms with E-state index in [1.165, 1.54) is 18.2 Å². The van der Waals surface area contributed by atoms with Crippen molar-refractivity contribution in [3.8, 4) is 5.75 Å². The number of amides is 1. The average molecular weight is 389 g/mol. The zero-order chi connectivity index (χ0) is 19.8. The van der Waals surface area contributed by atoms with E-state index in [1.807, 2.05) is 0 Å². The minimum Gasteiger partial charge on any atom is -0.433 e. The fraction of sp³-hybridized carbons (Fsp3) is 0.412. The number of halogens is 5. The third-order valence-electron chi connectivity index (χ3n) is 4.02. The zero-order valence-corrected chi connectivity index (χ0v) is 14.2. The standard InChI is InChI=1S/C17H16F5N3O2/c1-9-2-5-13(27-16(18)19)11(6-9)23-15(26)8-25-12(10-3-4-10)7-14(24-25)17(20,21)22/h2,5-7,10,16H,3-4,8H2,1H3,(H,23,26). The maximum absolute atomic E-state index is 12.9. The van der Waals surface area contributed by atoms with Gasteiger partial charge in [0.05, 0.1) is 5.69 Å². The molecule has 0 aliphatic heterocycles. The van der Waals surface area contributed by atoms with Crippen LogP contribution in [0.15, 0.2) is 24.3 Å². The highest BCUT2D eigenvalue weighted by molar-refractivity contribution is 5.92. The van der Waals surface area contributed by atoms with Crippen LogP contribution in [-0.4, -0.2) is 22.3 Å². The quantitative estimate of drug-likeness (QED) is 0.749. The van der Waals surface area contributed by atoms with Crippen molar-refractivity contribution < 1.29 is 31.5 Å². The number of rotatable bonds is 6. The number of hydrogen-bond donors (Lipinski definition) is 1. The normalized spacial score (nSPS) is 14.5. The molecule has 1 heterocycles. The van der Waals surface area contributed by atoms with E-state index in [0.29, 0.717) is 11.3 Å². The number of alkyl halides is 5.